The van der Waals surface area contributed by atoms with Crippen LogP contribution in [0.2, 0.25) is 25.7 Å². The van der Waals surface area contributed by atoms with Gasteiger partial charge in [0.05, 0.1) is 6.61 Å². The number of rotatable bonds is 5. The van der Waals surface area contributed by atoms with Crippen LogP contribution in [0.5, 0.6) is 0 Å². The molecule has 0 heterocycles. The van der Waals surface area contributed by atoms with Crippen molar-refractivity contribution in [1.82, 2.24) is 0 Å². The highest BCUT2D eigenvalue weighted by atomic mass is 28.3. The number of hydrogen-bond donors (Lipinski definition) is 0. The molecule has 102 valence electrons. The summed E-state index contributed by atoms with van der Waals surface area (Å²) < 4.78 is 42.9. The first-order valence-corrected chi connectivity index (χ1v) is 9.39. The molecule has 1 atom stereocenters. The number of ether oxygens (including phenoxy) is 1. The average Bonchev–Trinajstić information content (AvgIpc) is 2.12. The molecule has 0 aliphatic carbocycles. The first kappa shape index (κ1) is 16.5. The molecular weight excluding hydrogens is 249 g/mol. The van der Waals surface area contributed by atoms with E-state index in [1.54, 1.807) is 0 Å². The predicted octanol–water partition coefficient (Wildman–Crippen LogP) is 3.85. The Balaban J connectivity index is 4.49. The third-order valence-electron chi connectivity index (χ3n) is 2.87. The summed E-state index contributed by atoms with van der Waals surface area (Å²) in [6, 6.07) is 0.677. The monoisotopic (exact) mass is 270 g/mol. The zero-order valence-electron chi connectivity index (χ0n) is 11.1. The maximum atomic E-state index is 12.7. The largest absolute Gasteiger partial charge is 0.465 e. The summed E-state index contributed by atoms with van der Waals surface area (Å²) in [6.45, 7) is 8.54. The quantitative estimate of drug-likeness (QED) is 0.560. The standard InChI is InChI=1S/C11H21F3O2Si/c1-6-10(2,11(12,13)14)9(15)16-7-8-17(3,4)5/h6-8H2,1-5H3. The molecule has 0 radical (unpaired) electrons. The first-order chi connectivity index (χ1) is 7.44. The van der Waals surface area contributed by atoms with Crippen molar-refractivity contribution in [1.29, 1.82) is 0 Å². The minimum Gasteiger partial charge on any atom is -0.465 e. The Morgan fingerprint density at radius 1 is 1.24 bits per heavy atom. The zero-order chi connectivity index (χ0) is 13.9. The van der Waals surface area contributed by atoms with Gasteiger partial charge in [0.1, 0.15) is 0 Å². The minimum absolute atomic E-state index is 0.0836. The Kier molecular flexibility index (Phi) is 5.25. The summed E-state index contributed by atoms with van der Waals surface area (Å²) >= 11 is 0. The molecule has 0 aliphatic rings. The van der Waals surface area contributed by atoms with Crippen LogP contribution < -0.4 is 0 Å². The Labute approximate surface area is 102 Å². The van der Waals surface area contributed by atoms with Crippen LogP contribution in [0.4, 0.5) is 13.2 Å². The maximum Gasteiger partial charge on any atom is 0.404 e. The molecule has 2 nitrogen and oxygen atoms in total. The summed E-state index contributed by atoms with van der Waals surface area (Å²) in [7, 11) is -1.40. The van der Waals surface area contributed by atoms with Crippen molar-refractivity contribution in [3.05, 3.63) is 0 Å². The molecule has 0 aromatic carbocycles. The number of halogens is 3. The van der Waals surface area contributed by atoms with Crippen LogP contribution in [0, 0.1) is 5.41 Å². The SMILES string of the molecule is CCC(C)(C(=O)OCC[Si](C)(C)C)C(F)(F)F. The summed E-state index contributed by atoms with van der Waals surface area (Å²) in [6.07, 6.45) is -4.86. The van der Waals surface area contributed by atoms with E-state index in [-0.39, 0.29) is 13.0 Å². The highest BCUT2D eigenvalue weighted by Crippen LogP contribution is 2.41. The van der Waals surface area contributed by atoms with Crippen LogP contribution in [-0.4, -0.2) is 26.8 Å². The van der Waals surface area contributed by atoms with Gasteiger partial charge >= 0.3 is 12.1 Å². The van der Waals surface area contributed by atoms with E-state index in [0.717, 1.165) is 6.92 Å². The molecular formula is C11H21F3O2Si. The molecule has 0 aromatic rings. The molecule has 0 saturated heterocycles. The number of hydrogen-bond acceptors (Lipinski definition) is 2. The van der Waals surface area contributed by atoms with Crippen LogP contribution in [0.15, 0.2) is 0 Å². The molecule has 0 saturated carbocycles. The van der Waals surface area contributed by atoms with E-state index in [1.807, 2.05) is 0 Å². The lowest BCUT2D eigenvalue weighted by atomic mass is 9.87. The van der Waals surface area contributed by atoms with E-state index in [2.05, 4.69) is 19.6 Å². The molecule has 0 bridgehead atoms. The Morgan fingerprint density at radius 2 is 1.71 bits per heavy atom. The van der Waals surface area contributed by atoms with E-state index in [4.69, 9.17) is 4.74 Å². The van der Waals surface area contributed by atoms with Crippen LogP contribution in [0.3, 0.4) is 0 Å². The first-order valence-electron chi connectivity index (χ1n) is 5.68. The normalized spacial score (nSPS) is 16.5. The summed E-state index contributed by atoms with van der Waals surface area (Å²) in [5.41, 5.74) is -2.38. The van der Waals surface area contributed by atoms with Crippen LogP contribution in [0.1, 0.15) is 20.3 Å². The third-order valence-corrected chi connectivity index (χ3v) is 4.57. The van der Waals surface area contributed by atoms with Gasteiger partial charge in [-0.15, -0.1) is 0 Å². The van der Waals surface area contributed by atoms with Gasteiger partial charge in [-0.2, -0.15) is 13.2 Å². The van der Waals surface area contributed by atoms with Gasteiger partial charge in [0.15, 0.2) is 5.41 Å². The van der Waals surface area contributed by atoms with Gasteiger partial charge in [-0.05, 0) is 19.4 Å². The zero-order valence-corrected chi connectivity index (χ0v) is 12.1. The molecule has 1 unspecified atom stereocenters. The summed E-state index contributed by atoms with van der Waals surface area (Å²) in [5, 5.41) is 0. The Hall–Kier alpha value is -0.523. The van der Waals surface area contributed by atoms with E-state index in [0.29, 0.717) is 6.04 Å². The van der Waals surface area contributed by atoms with E-state index in [1.165, 1.54) is 6.92 Å². The van der Waals surface area contributed by atoms with Crippen molar-refractivity contribution < 1.29 is 22.7 Å². The lowest BCUT2D eigenvalue weighted by Gasteiger charge is -2.28. The number of carbonyl (C=O) groups excluding carboxylic acids is 1. The van der Waals surface area contributed by atoms with Crippen molar-refractivity contribution in [3.8, 4) is 0 Å². The lowest BCUT2D eigenvalue weighted by Crippen LogP contribution is -2.43. The van der Waals surface area contributed by atoms with Gasteiger partial charge in [0.2, 0.25) is 0 Å². The van der Waals surface area contributed by atoms with Crippen molar-refractivity contribution in [2.45, 2.75) is 52.1 Å². The number of carbonyl (C=O) groups is 1. The number of alkyl halides is 3. The number of esters is 1. The van der Waals surface area contributed by atoms with Gasteiger partial charge in [0.25, 0.3) is 0 Å². The van der Waals surface area contributed by atoms with Gasteiger partial charge < -0.3 is 4.74 Å². The van der Waals surface area contributed by atoms with E-state index >= 15 is 0 Å². The van der Waals surface area contributed by atoms with Crippen LogP contribution in [0.25, 0.3) is 0 Å². The molecule has 0 rings (SSSR count). The smallest absolute Gasteiger partial charge is 0.404 e. The van der Waals surface area contributed by atoms with E-state index < -0.39 is 25.6 Å². The van der Waals surface area contributed by atoms with Gasteiger partial charge in [0, 0.05) is 8.07 Å². The third kappa shape index (κ3) is 4.69. The molecule has 0 spiro atoms. The van der Waals surface area contributed by atoms with Crippen molar-refractivity contribution >= 4 is 14.0 Å². The second-order valence-corrected chi connectivity index (χ2v) is 11.3. The van der Waals surface area contributed by atoms with Crippen LogP contribution >= 0.6 is 0 Å². The second kappa shape index (κ2) is 5.41. The highest BCUT2D eigenvalue weighted by molar-refractivity contribution is 6.76. The molecule has 6 heteroatoms. The van der Waals surface area contributed by atoms with Gasteiger partial charge in [-0.1, -0.05) is 26.6 Å². The topological polar surface area (TPSA) is 26.3 Å². The fraction of sp³-hybridized carbons (Fsp3) is 0.909. The average molecular weight is 270 g/mol. The molecule has 0 fully saturated rings. The predicted molar refractivity (Wildman–Crippen MR) is 63.6 cm³/mol. The highest BCUT2D eigenvalue weighted by Gasteiger charge is 2.56. The fourth-order valence-corrected chi connectivity index (χ4v) is 1.78. The van der Waals surface area contributed by atoms with Crippen LogP contribution in [-0.2, 0) is 9.53 Å². The molecule has 0 N–H and O–H groups in total. The second-order valence-electron chi connectivity index (χ2n) is 5.63. The molecule has 0 aromatic heterocycles. The van der Waals surface area contributed by atoms with Gasteiger partial charge in [-0.3, -0.25) is 4.79 Å². The summed E-state index contributed by atoms with van der Waals surface area (Å²) in [5.74, 6) is -1.16. The van der Waals surface area contributed by atoms with Gasteiger partial charge in [-0.25, -0.2) is 0 Å². The lowest BCUT2D eigenvalue weighted by molar-refractivity contribution is -0.230. The van der Waals surface area contributed by atoms with E-state index in [9.17, 15) is 18.0 Å². The van der Waals surface area contributed by atoms with Crippen molar-refractivity contribution in [2.24, 2.45) is 5.41 Å². The van der Waals surface area contributed by atoms with Crippen molar-refractivity contribution in [2.75, 3.05) is 6.61 Å². The molecule has 17 heavy (non-hydrogen) atoms. The molecule has 0 aliphatic heterocycles. The minimum atomic E-state index is -4.56. The Bertz CT molecular complexity index is 271. The Morgan fingerprint density at radius 3 is 2.00 bits per heavy atom. The van der Waals surface area contributed by atoms with Crippen molar-refractivity contribution in [3.63, 3.8) is 0 Å². The molecule has 0 amide bonds. The maximum absolute atomic E-state index is 12.7. The fourth-order valence-electron chi connectivity index (χ4n) is 1.07. The summed E-state index contributed by atoms with van der Waals surface area (Å²) in [4.78, 5) is 11.5.